The molecule has 82 valence electrons. The Morgan fingerprint density at radius 2 is 2.25 bits per heavy atom. The van der Waals surface area contributed by atoms with Gasteiger partial charge in [-0.25, -0.2) is 0 Å². The van der Waals surface area contributed by atoms with Gasteiger partial charge < -0.3 is 9.26 Å². The van der Waals surface area contributed by atoms with Crippen molar-refractivity contribution in [3.63, 3.8) is 0 Å². The van der Waals surface area contributed by atoms with Gasteiger partial charge in [0.25, 0.3) is 0 Å². The highest BCUT2D eigenvalue weighted by atomic mass is 16.5. The molecular weight excluding hydrogens is 202 g/mol. The van der Waals surface area contributed by atoms with Crippen LogP contribution in [-0.4, -0.2) is 11.8 Å². The highest BCUT2D eigenvalue weighted by Crippen LogP contribution is 2.29. The Hall–Kier alpha value is -1.61. The van der Waals surface area contributed by atoms with Crippen molar-refractivity contribution in [2.24, 2.45) is 0 Å². The average Bonchev–Trinajstić information content (AvgIpc) is 2.73. The van der Waals surface area contributed by atoms with Crippen LogP contribution in [0.4, 0.5) is 0 Å². The molecule has 1 aromatic carbocycles. The van der Waals surface area contributed by atoms with Crippen LogP contribution in [0, 0.1) is 0 Å². The van der Waals surface area contributed by atoms with Gasteiger partial charge in [0.15, 0.2) is 0 Å². The molecule has 1 aliphatic heterocycles. The number of rotatable bonds is 1. The lowest BCUT2D eigenvalue weighted by Gasteiger charge is -2.09. The van der Waals surface area contributed by atoms with Gasteiger partial charge >= 0.3 is 0 Å². The third kappa shape index (κ3) is 1.63. The van der Waals surface area contributed by atoms with E-state index in [4.69, 9.17) is 9.26 Å². The monoisotopic (exact) mass is 215 g/mol. The van der Waals surface area contributed by atoms with Crippen molar-refractivity contribution < 1.29 is 9.26 Å². The summed E-state index contributed by atoms with van der Waals surface area (Å²) in [6, 6.07) is 6.32. The minimum atomic E-state index is 0.717. The van der Waals surface area contributed by atoms with Crippen LogP contribution in [0.25, 0.3) is 11.1 Å². The van der Waals surface area contributed by atoms with Gasteiger partial charge in [-0.1, -0.05) is 23.4 Å². The fourth-order valence-electron chi connectivity index (χ4n) is 2.21. The van der Waals surface area contributed by atoms with E-state index in [0.717, 1.165) is 25.0 Å². The molecule has 1 aliphatic rings. The van der Waals surface area contributed by atoms with Gasteiger partial charge in [0.1, 0.15) is 6.26 Å². The summed E-state index contributed by atoms with van der Waals surface area (Å²) in [5.74, 6) is 0. The standard InChI is InChI=1S/C13H13NO2/c1-3-10-8-15-6-2-5-12(10)13(4-1)11-7-14-16-9-11/h1,3-4,7,9H,2,5-6,8H2. The molecule has 0 spiro atoms. The lowest BCUT2D eigenvalue weighted by Crippen LogP contribution is -1.94. The third-order valence-corrected chi connectivity index (χ3v) is 2.99. The van der Waals surface area contributed by atoms with Crippen molar-refractivity contribution in [1.29, 1.82) is 0 Å². The van der Waals surface area contributed by atoms with Gasteiger partial charge in [-0.15, -0.1) is 0 Å². The van der Waals surface area contributed by atoms with Crippen LogP contribution >= 0.6 is 0 Å². The predicted molar refractivity (Wildman–Crippen MR) is 59.9 cm³/mol. The van der Waals surface area contributed by atoms with E-state index in [1.54, 1.807) is 12.5 Å². The molecule has 0 N–H and O–H groups in total. The topological polar surface area (TPSA) is 35.3 Å². The Bertz CT molecular complexity index is 477. The summed E-state index contributed by atoms with van der Waals surface area (Å²) in [5.41, 5.74) is 4.95. The van der Waals surface area contributed by atoms with E-state index in [9.17, 15) is 0 Å². The second kappa shape index (κ2) is 4.10. The Balaban J connectivity index is 2.12. The normalized spacial score (nSPS) is 15.5. The van der Waals surface area contributed by atoms with E-state index < -0.39 is 0 Å². The van der Waals surface area contributed by atoms with Crippen LogP contribution in [0.3, 0.4) is 0 Å². The van der Waals surface area contributed by atoms with E-state index >= 15 is 0 Å². The van der Waals surface area contributed by atoms with Crippen molar-refractivity contribution in [2.45, 2.75) is 19.4 Å². The molecule has 3 nitrogen and oxygen atoms in total. The van der Waals surface area contributed by atoms with Crippen LogP contribution in [0.2, 0.25) is 0 Å². The molecule has 2 heterocycles. The summed E-state index contributed by atoms with van der Waals surface area (Å²) < 4.78 is 10.5. The van der Waals surface area contributed by atoms with E-state index in [2.05, 4.69) is 23.4 Å². The second-order valence-electron chi connectivity index (χ2n) is 4.01. The molecule has 0 unspecified atom stereocenters. The van der Waals surface area contributed by atoms with Crippen molar-refractivity contribution in [3.8, 4) is 11.1 Å². The first-order valence-corrected chi connectivity index (χ1v) is 5.53. The zero-order chi connectivity index (χ0) is 10.8. The molecule has 3 rings (SSSR count). The first-order valence-electron chi connectivity index (χ1n) is 5.53. The largest absolute Gasteiger partial charge is 0.377 e. The quantitative estimate of drug-likeness (QED) is 0.733. The summed E-state index contributed by atoms with van der Waals surface area (Å²) >= 11 is 0. The Labute approximate surface area is 94.0 Å². The molecule has 0 saturated heterocycles. The second-order valence-corrected chi connectivity index (χ2v) is 4.01. The number of benzene rings is 1. The van der Waals surface area contributed by atoms with Crippen molar-refractivity contribution >= 4 is 0 Å². The van der Waals surface area contributed by atoms with Crippen LogP contribution in [0.5, 0.6) is 0 Å². The molecule has 2 aromatic rings. The van der Waals surface area contributed by atoms with Crippen molar-refractivity contribution in [2.75, 3.05) is 6.61 Å². The Kier molecular flexibility index (Phi) is 2.46. The molecule has 3 heteroatoms. The molecule has 0 bridgehead atoms. The van der Waals surface area contributed by atoms with Gasteiger partial charge in [0.05, 0.1) is 12.8 Å². The van der Waals surface area contributed by atoms with E-state index in [0.29, 0.717) is 6.61 Å². The van der Waals surface area contributed by atoms with Crippen LogP contribution in [0.1, 0.15) is 17.5 Å². The summed E-state index contributed by atoms with van der Waals surface area (Å²) in [5, 5.41) is 3.76. The summed E-state index contributed by atoms with van der Waals surface area (Å²) in [6.45, 7) is 1.56. The van der Waals surface area contributed by atoms with E-state index in [-0.39, 0.29) is 0 Å². The van der Waals surface area contributed by atoms with Crippen molar-refractivity contribution in [3.05, 3.63) is 41.8 Å². The molecular formula is C13H13NO2. The maximum atomic E-state index is 5.55. The van der Waals surface area contributed by atoms with E-state index in [1.807, 2.05) is 0 Å². The third-order valence-electron chi connectivity index (χ3n) is 2.99. The molecule has 0 amide bonds. The number of fused-ring (bicyclic) bond motifs is 1. The minimum absolute atomic E-state index is 0.717. The lowest BCUT2D eigenvalue weighted by molar-refractivity contribution is 0.125. The molecule has 0 aliphatic carbocycles. The zero-order valence-electron chi connectivity index (χ0n) is 8.98. The maximum absolute atomic E-state index is 5.55. The SMILES string of the molecule is c1cc2c(c(-c3cnoc3)c1)CCCOC2. The minimum Gasteiger partial charge on any atom is -0.377 e. The molecule has 1 aromatic heterocycles. The van der Waals surface area contributed by atoms with Crippen molar-refractivity contribution in [1.82, 2.24) is 5.16 Å². The molecule has 0 radical (unpaired) electrons. The Morgan fingerprint density at radius 3 is 3.12 bits per heavy atom. The smallest absolute Gasteiger partial charge is 0.131 e. The zero-order valence-corrected chi connectivity index (χ0v) is 8.98. The number of aromatic nitrogens is 1. The van der Waals surface area contributed by atoms with E-state index in [1.165, 1.54) is 16.7 Å². The van der Waals surface area contributed by atoms with Gasteiger partial charge in [0, 0.05) is 12.2 Å². The number of hydrogen-bond acceptors (Lipinski definition) is 3. The summed E-state index contributed by atoms with van der Waals surface area (Å²) in [6.07, 6.45) is 5.61. The Morgan fingerprint density at radius 1 is 1.25 bits per heavy atom. The van der Waals surface area contributed by atoms with Gasteiger partial charge in [-0.3, -0.25) is 0 Å². The van der Waals surface area contributed by atoms with Gasteiger partial charge in [0.2, 0.25) is 0 Å². The molecule has 0 atom stereocenters. The lowest BCUT2D eigenvalue weighted by atomic mass is 9.95. The molecule has 0 fully saturated rings. The summed E-state index contributed by atoms with van der Waals surface area (Å²) in [4.78, 5) is 0. The van der Waals surface area contributed by atoms with Crippen LogP contribution in [0.15, 0.2) is 35.2 Å². The fraction of sp³-hybridized carbons (Fsp3) is 0.308. The number of ether oxygens (including phenoxy) is 1. The number of nitrogens with zero attached hydrogens (tertiary/aromatic N) is 1. The fourth-order valence-corrected chi connectivity index (χ4v) is 2.21. The van der Waals surface area contributed by atoms with Crippen LogP contribution < -0.4 is 0 Å². The predicted octanol–water partition coefficient (Wildman–Crippen LogP) is 2.80. The first-order chi connectivity index (χ1) is 7.95. The van der Waals surface area contributed by atoms with Gasteiger partial charge in [-0.05, 0) is 29.5 Å². The average molecular weight is 215 g/mol. The molecule has 0 saturated carbocycles. The molecule has 16 heavy (non-hydrogen) atoms. The highest BCUT2D eigenvalue weighted by molar-refractivity contribution is 5.67. The van der Waals surface area contributed by atoms with Gasteiger partial charge in [-0.2, -0.15) is 0 Å². The maximum Gasteiger partial charge on any atom is 0.131 e. The number of hydrogen-bond donors (Lipinski definition) is 0. The summed E-state index contributed by atoms with van der Waals surface area (Å²) in [7, 11) is 0. The highest BCUT2D eigenvalue weighted by Gasteiger charge is 2.13. The first kappa shape index (κ1) is 9.60. The van der Waals surface area contributed by atoms with Crippen LogP contribution in [-0.2, 0) is 17.8 Å².